The van der Waals surface area contributed by atoms with Crippen LogP contribution in [0.2, 0.25) is 0 Å². The van der Waals surface area contributed by atoms with E-state index in [9.17, 15) is 18.4 Å². The largest absolute Gasteiger partial charge is 0.389 e. The lowest BCUT2D eigenvalue weighted by molar-refractivity contribution is -0.137. The molecule has 0 radical (unpaired) electrons. The van der Waals surface area contributed by atoms with E-state index in [0.717, 1.165) is 19.3 Å². The molecule has 1 N–H and O–H groups in total. The summed E-state index contributed by atoms with van der Waals surface area (Å²) < 4.78 is 40.9. The average molecular weight is 292 g/mol. The van der Waals surface area contributed by atoms with Crippen molar-refractivity contribution in [1.29, 1.82) is 5.26 Å². The van der Waals surface area contributed by atoms with Gasteiger partial charge >= 0.3 is 6.18 Å². The van der Waals surface area contributed by atoms with Gasteiger partial charge in [0.2, 0.25) is 0 Å². The number of nitrogens with zero attached hydrogens (tertiary/aromatic N) is 1. The molecule has 1 saturated carbocycles. The molecule has 1 atom stereocenters. The third-order valence-corrected chi connectivity index (χ3v) is 3.52. The van der Waals surface area contributed by atoms with Gasteiger partial charge in [-0.2, -0.15) is 18.4 Å². The first-order valence-electron chi connectivity index (χ1n) is 7.24. The summed E-state index contributed by atoms with van der Waals surface area (Å²) in [5.74, 6) is 0. The SMILES string of the molecule is CCC(C#N)(CCCOCCCC(F)(F)F)NC1CC1. The van der Waals surface area contributed by atoms with Crippen LogP contribution in [0.25, 0.3) is 0 Å². The highest BCUT2D eigenvalue weighted by molar-refractivity contribution is 5.09. The summed E-state index contributed by atoms with van der Waals surface area (Å²) in [7, 11) is 0. The van der Waals surface area contributed by atoms with Crippen LogP contribution in [-0.2, 0) is 4.74 Å². The van der Waals surface area contributed by atoms with Crippen molar-refractivity contribution in [3.05, 3.63) is 0 Å². The van der Waals surface area contributed by atoms with Crippen molar-refractivity contribution < 1.29 is 17.9 Å². The highest BCUT2D eigenvalue weighted by atomic mass is 19.4. The Hall–Kier alpha value is -0.800. The fraction of sp³-hybridized carbons (Fsp3) is 0.929. The highest BCUT2D eigenvalue weighted by Gasteiger charge is 2.34. The molecule has 116 valence electrons. The summed E-state index contributed by atoms with van der Waals surface area (Å²) in [6, 6.07) is 2.80. The summed E-state index contributed by atoms with van der Waals surface area (Å²) in [6.45, 7) is 2.51. The van der Waals surface area contributed by atoms with Gasteiger partial charge < -0.3 is 4.74 Å². The Labute approximate surface area is 118 Å². The standard InChI is InChI=1S/C14H23F3N2O/c1-2-13(11-18,19-12-5-6-12)7-3-9-20-10-4-8-14(15,16)17/h12,19H,2-10H2,1H3. The molecule has 3 nitrogen and oxygen atoms in total. The Morgan fingerprint density at radius 2 is 1.80 bits per heavy atom. The average Bonchev–Trinajstić information content (AvgIpc) is 3.19. The van der Waals surface area contributed by atoms with E-state index in [0.29, 0.717) is 25.5 Å². The maximum absolute atomic E-state index is 11.9. The van der Waals surface area contributed by atoms with E-state index < -0.39 is 18.1 Å². The van der Waals surface area contributed by atoms with E-state index >= 15 is 0 Å². The monoisotopic (exact) mass is 292 g/mol. The van der Waals surface area contributed by atoms with Gasteiger partial charge in [-0.15, -0.1) is 0 Å². The lowest BCUT2D eigenvalue weighted by atomic mass is 9.92. The number of ether oxygens (including phenoxy) is 1. The van der Waals surface area contributed by atoms with Gasteiger partial charge in [0.15, 0.2) is 0 Å². The third-order valence-electron chi connectivity index (χ3n) is 3.52. The van der Waals surface area contributed by atoms with Gasteiger partial charge in [-0.25, -0.2) is 0 Å². The van der Waals surface area contributed by atoms with E-state index in [-0.39, 0.29) is 13.0 Å². The number of alkyl halides is 3. The highest BCUT2D eigenvalue weighted by Crippen LogP contribution is 2.26. The molecule has 1 rings (SSSR count). The zero-order valence-electron chi connectivity index (χ0n) is 11.9. The van der Waals surface area contributed by atoms with Crippen molar-refractivity contribution in [1.82, 2.24) is 5.32 Å². The molecule has 0 saturated heterocycles. The number of hydrogen-bond acceptors (Lipinski definition) is 3. The van der Waals surface area contributed by atoms with Crippen molar-refractivity contribution >= 4 is 0 Å². The maximum Gasteiger partial charge on any atom is 0.389 e. The zero-order valence-corrected chi connectivity index (χ0v) is 11.9. The van der Waals surface area contributed by atoms with E-state index in [1.165, 1.54) is 0 Å². The first-order valence-corrected chi connectivity index (χ1v) is 7.24. The number of nitriles is 1. The molecule has 0 spiro atoms. The number of rotatable bonds is 10. The van der Waals surface area contributed by atoms with Crippen LogP contribution in [0.1, 0.15) is 51.9 Å². The Balaban J connectivity index is 2.10. The molecule has 0 aliphatic heterocycles. The molecule has 20 heavy (non-hydrogen) atoms. The van der Waals surface area contributed by atoms with Crippen molar-refractivity contribution in [2.75, 3.05) is 13.2 Å². The minimum atomic E-state index is -4.10. The summed E-state index contributed by atoms with van der Waals surface area (Å²) in [6.07, 6.45) is -0.560. The molecule has 1 fully saturated rings. The molecule has 0 aromatic rings. The normalized spacial score (nSPS) is 18.6. The lowest BCUT2D eigenvalue weighted by Gasteiger charge is -2.26. The van der Waals surface area contributed by atoms with Crippen LogP contribution >= 0.6 is 0 Å². The maximum atomic E-state index is 11.9. The van der Waals surface area contributed by atoms with E-state index in [2.05, 4.69) is 11.4 Å². The van der Waals surface area contributed by atoms with Crippen molar-refractivity contribution in [3.63, 3.8) is 0 Å². The summed E-state index contributed by atoms with van der Waals surface area (Å²) in [5.41, 5.74) is -0.503. The lowest BCUT2D eigenvalue weighted by Crippen LogP contribution is -2.44. The molecular formula is C14H23F3N2O. The van der Waals surface area contributed by atoms with Crippen LogP contribution in [0.4, 0.5) is 13.2 Å². The van der Waals surface area contributed by atoms with Crippen LogP contribution in [0.15, 0.2) is 0 Å². The summed E-state index contributed by atoms with van der Waals surface area (Å²) in [5, 5.41) is 12.7. The smallest absolute Gasteiger partial charge is 0.381 e. The van der Waals surface area contributed by atoms with Gasteiger partial charge in [0.05, 0.1) is 6.07 Å². The second-order valence-corrected chi connectivity index (χ2v) is 5.40. The predicted octanol–water partition coefficient (Wildman–Crippen LogP) is 3.55. The number of nitrogens with one attached hydrogen (secondary N) is 1. The van der Waals surface area contributed by atoms with Crippen molar-refractivity contribution in [3.8, 4) is 6.07 Å². The first kappa shape index (κ1) is 17.3. The van der Waals surface area contributed by atoms with Gasteiger partial charge in [0, 0.05) is 25.7 Å². The number of halogens is 3. The Morgan fingerprint density at radius 3 is 2.25 bits per heavy atom. The molecule has 0 bridgehead atoms. The van der Waals surface area contributed by atoms with Gasteiger partial charge in [-0.05, 0) is 38.5 Å². The first-order chi connectivity index (χ1) is 9.41. The molecule has 6 heteroatoms. The number of hydrogen-bond donors (Lipinski definition) is 1. The molecule has 0 aromatic heterocycles. The third kappa shape index (κ3) is 7.11. The van der Waals surface area contributed by atoms with Crippen LogP contribution in [0.5, 0.6) is 0 Å². The van der Waals surface area contributed by atoms with E-state index in [1.807, 2.05) is 6.92 Å². The van der Waals surface area contributed by atoms with E-state index in [1.54, 1.807) is 0 Å². The van der Waals surface area contributed by atoms with E-state index in [4.69, 9.17) is 4.74 Å². The summed E-state index contributed by atoms with van der Waals surface area (Å²) in [4.78, 5) is 0. The summed E-state index contributed by atoms with van der Waals surface area (Å²) >= 11 is 0. The zero-order chi connectivity index (χ0) is 15.1. The molecule has 1 aliphatic carbocycles. The van der Waals surface area contributed by atoms with Gasteiger partial charge in [0.1, 0.15) is 5.54 Å². The minimum absolute atomic E-state index is 0.000987. The van der Waals surface area contributed by atoms with Gasteiger partial charge in [-0.1, -0.05) is 6.92 Å². The van der Waals surface area contributed by atoms with Gasteiger partial charge in [0.25, 0.3) is 0 Å². The minimum Gasteiger partial charge on any atom is -0.381 e. The Morgan fingerprint density at radius 1 is 1.20 bits per heavy atom. The Kier molecular flexibility index (Phi) is 6.77. The Bertz CT molecular complexity index is 323. The van der Waals surface area contributed by atoms with Gasteiger partial charge in [-0.3, -0.25) is 5.32 Å². The quantitative estimate of drug-likeness (QED) is 0.626. The topological polar surface area (TPSA) is 45.0 Å². The van der Waals surface area contributed by atoms with Crippen molar-refractivity contribution in [2.24, 2.45) is 0 Å². The fourth-order valence-electron chi connectivity index (χ4n) is 2.09. The van der Waals surface area contributed by atoms with Crippen molar-refractivity contribution in [2.45, 2.75) is 69.6 Å². The molecule has 0 aromatic carbocycles. The molecule has 0 amide bonds. The molecule has 1 aliphatic rings. The van der Waals surface area contributed by atoms with Crippen LogP contribution < -0.4 is 5.32 Å². The fourth-order valence-corrected chi connectivity index (χ4v) is 2.09. The second kappa shape index (κ2) is 7.84. The molecular weight excluding hydrogens is 269 g/mol. The van der Waals surface area contributed by atoms with Crippen LogP contribution in [0.3, 0.4) is 0 Å². The predicted molar refractivity (Wildman–Crippen MR) is 70.1 cm³/mol. The molecule has 1 unspecified atom stereocenters. The van der Waals surface area contributed by atoms with Crippen LogP contribution in [-0.4, -0.2) is 31.0 Å². The van der Waals surface area contributed by atoms with Crippen LogP contribution in [0, 0.1) is 11.3 Å². The molecule has 0 heterocycles. The second-order valence-electron chi connectivity index (χ2n) is 5.40.